The molecule has 0 spiro atoms. The SMILES string of the molecule is Cc1cccc(NC(=O)[C@@H](C)OC(=O)COc2ccc3c(C)cc(=O)oc3c2)c1. The van der Waals surface area contributed by atoms with Gasteiger partial charge in [-0.25, -0.2) is 9.59 Å². The summed E-state index contributed by atoms with van der Waals surface area (Å²) < 4.78 is 15.7. The molecule has 1 heterocycles. The molecule has 0 saturated carbocycles. The van der Waals surface area contributed by atoms with Crippen molar-refractivity contribution in [3.8, 4) is 5.75 Å². The number of ether oxygens (including phenoxy) is 2. The average Bonchev–Trinajstić information content (AvgIpc) is 2.66. The average molecular weight is 395 g/mol. The molecule has 0 bridgehead atoms. The normalized spacial score (nSPS) is 11.7. The number of nitrogens with one attached hydrogen (secondary N) is 1. The lowest BCUT2D eigenvalue weighted by atomic mass is 10.1. The number of aryl methyl sites for hydroxylation is 2. The molecule has 3 rings (SSSR count). The van der Waals surface area contributed by atoms with Crippen molar-refractivity contribution in [1.29, 1.82) is 0 Å². The van der Waals surface area contributed by atoms with Crippen LogP contribution in [-0.2, 0) is 14.3 Å². The molecule has 150 valence electrons. The highest BCUT2D eigenvalue weighted by Gasteiger charge is 2.18. The van der Waals surface area contributed by atoms with Gasteiger partial charge in [-0.15, -0.1) is 0 Å². The molecule has 0 unspecified atom stereocenters. The molecule has 1 atom stereocenters. The minimum absolute atomic E-state index is 0.347. The van der Waals surface area contributed by atoms with E-state index in [1.54, 1.807) is 25.1 Å². The fourth-order valence-electron chi connectivity index (χ4n) is 2.79. The first-order valence-corrected chi connectivity index (χ1v) is 9.06. The predicted molar refractivity (Wildman–Crippen MR) is 108 cm³/mol. The molecule has 1 aromatic heterocycles. The van der Waals surface area contributed by atoms with E-state index in [1.165, 1.54) is 19.1 Å². The lowest BCUT2D eigenvalue weighted by Crippen LogP contribution is -2.31. The molecule has 0 aliphatic rings. The van der Waals surface area contributed by atoms with Crippen molar-refractivity contribution >= 4 is 28.5 Å². The Bertz CT molecular complexity index is 1120. The standard InChI is InChI=1S/C22H21NO6/c1-13-5-4-6-16(9-13)23-22(26)15(3)28-21(25)12-27-17-7-8-18-14(2)10-20(24)29-19(18)11-17/h4-11,15H,12H2,1-3H3,(H,23,26)/t15-/m1/s1. The molecule has 2 aromatic carbocycles. The van der Waals surface area contributed by atoms with Crippen LogP contribution in [-0.4, -0.2) is 24.6 Å². The summed E-state index contributed by atoms with van der Waals surface area (Å²) in [5.41, 5.74) is 2.33. The summed E-state index contributed by atoms with van der Waals surface area (Å²) in [5.74, 6) is -0.783. The zero-order valence-corrected chi connectivity index (χ0v) is 16.4. The first kappa shape index (κ1) is 20.1. The number of benzene rings is 2. The zero-order valence-electron chi connectivity index (χ0n) is 16.4. The highest BCUT2D eigenvalue weighted by atomic mass is 16.6. The Kier molecular flexibility index (Phi) is 5.97. The Balaban J connectivity index is 1.56. The van der Waals surface area contributed by atoms with E-state index in [0.717, 1.165) is 16.5 Å². The number of hydrogen-bond acceptors (Lipinski definition) is 6. The van der Waals surface area contributed by atoms with E-state index in [0.29, 0.717) is 17.0 Å². The van der Waals surface area contributed by atoms with Gasteiger partial charge < -0.3 is 19.2 Å². The lowest BCUT2D eigenvalue weighted by molar-refractivity contribution is -0.155. The van der Waals surface area contributed by atoms with Gasteiger partial charge in [0.1, 0.15) is 11.3 Å². The molecule has 29 heavy (non-hydrogen) atoms. The molecular weight excluding hydrogens is 374 g/mol. The third-order valence-electron chi connectivity index (χ3n) is 4.24. The van der Waals surface area contributed by atoms with Crippen molar-refractivity contribution in [3.05, 3.63) is 70.1 Å². The van der Waals surface area contributed by atoms with Crippen molar-refractivity contribution in [1.82, 2.24) is 0 Å². The first-order chi connectivity index (χ1) is 13.8. The van der Waals surface area contributed by atoms with Crippen LogP contribution in [0.5, 0.6) is 5.75 Å². The summed E-state index contributed by atoms with van der Waals surface area (Å²) in [7, 11) is 0. The Morgan fingerprint density at radius 1 is 1.10 bits per heavy atom. The zero-order chi connectivity index (χ0) is 21.0. The maximum atomic E-state index is 12.2. The number of hydrogen-bond donors (Lipinski definition) is 1. The van der Waals surface area contributed by atoms with E-state index in [1.807, 2.05) is 25.1 Å². The van der Waals surface area contributed by atoms with Crippen LogP contribution in [0.4, 0.5) is 5.69 Å². The molecule has 7 nitrogen and oxygen atoms in total. The van der Waals surface area contributed by atoms with Gasteiger partial charge >= 0.3 is 11.6 Å². The number of esters is 1. The fraction of sp³-hybridized carbons (Fsp3) is 0.227. The van der Waals surface area contributed by atoms with Crippen LogP contribution in [0, 0.1) is 13.8 Å². The minimum Gasteiger partial charge on any atom is -0.482 e. The quantitative estimate of drug-likeness (QED) is 0.508. The second kappa shape index (κ2) is 8.60. The number of anilines is 1. The highest BCUT2D eigenvalue weighted by molar-refractivity contribution is 5.95. The molecule has 0 radical (unpaired) electrons. The molecule has 0 aliphatic carbocycles. The van der Waals surface area contributed by atoms with Crippen LogP contribution in [0.15, 0.2) is 57.7 Å². The molecule has 1 amide bonds. The van der Waals surface area contributed by atoms with Gasteiger partial charge in [0.25, 0.3) is 5.91 Å². The van der Waals surface area contributed by atoms with E-state index in [4.69, 9.17) is 13.9 Å². The van der Waals surface area contributed by atoms with E-state index < -0.39 is 23.6 Å². The van der Waals surface area contributed by atoms with Crippen molar-refractivity contribution < 1.29 is 23.5 Å². The minimum atomic E-state index is -0.983. The Labute approximate surface area is 167 Å². The Hall–Kier alpha value is -3.61. The van der Waals surface area contributed by atoms with Crippen molar-refractivity contribution in [2.45, 2.75) is 26.9 Å². The largest absolute Gasteiger partial charge is 0.482 e. The van der Waals surface area contributed by atoms with Crippen LogP contribution >= 0.6 is 0 Å². The number of carbonyl (C=O) groups is 2. The van der Waals surface area contributed by atoms with Gasteiger partial charge in [0, 0.05) is 23.2 Å². The topological polar surface area (TPSA) is 94.8 Å². The predicted octanol–water partition coefficient (Wildman–Crippen LogP) is 3.36. The highest BCUT2D eigenvalue weighted by Crippen LogP contribution is 2.22. The smallest absolute Gasteiger partial charge is 0.344 e. The van der Waals surface area contributed by atoms with Gasteiger partial charge in [-0.05, 0) is 56.2 Å². The van der Waals surface area contributed by atoms with Gasteiger partial charge in [-0.2, -0.15) is 0 Å². The van der Waals surface area contributed by atoms with E-state index in [9.17, 15) is 14.4 Å². The van der Waals surface area contributed by atoms with Crippen LogP contribution in [0.1, 0.15) is 18.1 Å². The van der Waals surface area contributed by atoms with Crippen LogP contribution in [0.25, 0.3) is 11.0 Å². The summed E-state index contributed by atoms with van der Waals surface area (Å²) in [6.45, 7) is 4.82. The molecule has 1 N–H and O–H groups in total. The Morgan fingerprint density at radius 3 is 2.66 bits per heavy atom. The second-order valence-electron chi connectivity index (χ2n) is 6.69. The molecule has 3 aromatic rings. The monoisotopic (exact) mass is 395 g/mol. The van der Waals surface area contributed by atoms with E-state index in [-0.39, 0.29) is 6.61 Å². The van der Waals surface area contributed by atoms with Crippen LogP contribution in [0.3, 0.4) is 0 Å². The summed E-state index contributed by atoms with van der Waals surface area (Å²) >= 11 is 0. The second-order valence-corrected chi connectivity index (χ2v) is 6.69. The summed E-state index contributed by atoms with van der Waals surface area (Å²) in [4.78, 5) is 35.7. The number of fused-ring (bicyclic) bond motifs is 1. The third-order valence-corrected chi connectivity index (χ3v) is 4.24. The van der Waals surface area contributed by atoms with Gasteiger partial charge in [-0.1, -0.05) is 12.1 Å². The fourth-order valence-corrected chi connectivity index (χ4v) is 2.79. The van der Waals surface area contributed by atoms with Crippen LogP contribution in [0.2, 0.25) is 0 Å². The van der Waals surface area contributed by atoms with Crippen molar-refractivity contribution in [2.24, 2.45) is 0 Å². The van der Waals surface area contributed by atoms with Gasteiger partial charge in [-0.3, -0.25) is 4.79 Å². The maximum absolute atomic E-state index is 12.2. The molecule has 0 fully saturated rings. The van der Waals surface area contributed by atoms with Crippen molar-refractivity contribution in [3.63, 3.8) is 0 Å². The number of carbonyl (C=O) groups excluding carboxylic acids is 2. The lowest BCUT2D eigenvalue weighted by Gasteiger charge is -2.14. The van der Waals surface area contributed by atoms with Crippen molar-refractivity contribution in [2.75, 3.05) is 11.9 Å². The summed E-state index contributed by atoms with van der Waals surface area (Å²) in [5, 5.41) is 3.47. The van der Waals surface area contributed by atoms with E-state index in [2.05, 4.69) is 5.32 Å². The van der Waals surface area contributed by atoms with Gasteiger partial charge in [0.15, 0.2) is 12.7 Å². The Morgan fingerprint density at radius 2 is 1.90 bits per heavy atom. The number of rotatable bonds is 6. The van der Waals surface area contributed by atoms with Crippen LogP contribution < -0.4 is 15.7 Å². The first-order valence-electron chi connectivity index (χ1n) is 9.06. The number of amides is 1. The van der Waals surface area contributed by atoms with Gasteiger partial charge in [0.05, 0.1) is 0 Å². The maximum Gasteiger partial charge on any atom is 0.344 e. The molecular formula is C22H21NO6. The van der Waals surface area contributed by atoms with E-state index >= 15 is 0 Å². The summed E-state index contributed by atoms with van der Waals surface area (Å²) in [6, 6.07) is 13.6. The summed E-state index contributed by atoms with van der Waals surface area (Å²) in [6.07, 6.45) is -0.983. The molecule has 0 aliphatic heterocycles. The third kappa shape index (κ3) is 5.22. The van der Waals surface area contributed by atoms with Gasteiger partial charge in [0.2, 0.25) is 0 Å². The molecule has 0 saturated heterocycles. The molecule has 7 heteroatoms.